The Kier molecular flexibility index (Phi) is 6.24. The maximum absolute atomic E-state index is 13.3. The average molecular weight is 389 g/mol. The average Bonchev–Trinajstić information content (AvgIpc) is 2.69. The number of amides is 1. The van der Waals surface area contributed by atoms with Crippen molar-refractivity contribution in [2.24, 2.45) is 0 Å². The molecule has 1 fully saturated rings. The number of methoxy groups -OCH3 is 1. The van der Waals surface area contributed by atoms with E-state index >= 15 is 0 Å². The van der Waals surface area contributed by atoms with Gasteiger partial charge in [0, 0.05) is 25.2 Å². The largest absolute Gasteiger partial charge is 0.493 e. The summed E-state index contributed by atoms with van der Waals surface area (Å²) in [5.74, 6) is 0.884. The summed E-state index contributed by atoms with van der Waals surface area (Å²) in [5.41, 5.74) is 1.63. The van der Waals surface area contributed by atoms with Crippen LogP contribution in [0.25, 0.3) is 0 Å². The van der Waals surface area contributed by atoms with E-state index in [0.29, 0.717) is 35.2 Å². The summed E-state index contributed by atoms with van der Waals surface area (Å²) in [7, 11) is 3.62. The molecule has 0 aliphatic carbocycles. The zero-order valence-corrected chi connectivity index (χ0v) is 16.7. The van der Waals surface area contributed by atoms with Crippen LogP contribution in [0.3, 0.4) is 0 Å². The van der Waals surface area contributed by atoms with Crippen LogP contribution in [0.1, 0.15) is 28.9 Å². The van der Waals surface area contributed by atoms with Gasteiger partial charge in [-0.15, -0.1) is 0 Å². The molecule has 0 aromatic heterocycles. The highest BCUT2D eigenvalue weighted by molar-refractivity contribution is 6.32. The fourth-order valence-electron chi connectivity index (χ4n) is 3.42. The van der Waals surface area contributed by atoms with Crippen molar-refractivity contribution >= 4 is 17.5 Å². The topological polar surface area (TPSA) is 42.0 Å². The van der Waals surface area contributed by atoms with Gasteiger partial charge in [-0.2, -0.15) is 0 Å². The fraction of sp³-hybridized carbons (Fsp3) is 0.381. The first-order valence-electron chi connectivity index (χ1n) is 9.10. The Bertz CT molecular complexity index is 798. The Balaban J connectivity index is 1.94. The summed E-state index contributed by atoms with van der Waals surface area (Å²) in [4.78, 5) is 17.5. The van der Waals surface area contributed by atoms with Crippen molar-refractivity contribution in [2.75, 3.05) is 40.4 Å². The standard InChI is InChI=1S/C21H25ClN2O3/c1-4-27-20-17(22)12-16(13-19(20)26-3)21(25)24-11-10-23(2)14-18(24)15-8-6-5-7-9-15/h5-9,12-13,18H,4,10-11,14H2,1-3H3. The molecule has 0 N–H and O–H groups in total. The number of hydrogen-bond acceptors (Lipinski definition) is 4. The lowest BCUT2D eigenvalue weighted by molar-refractivity contribution is 0.0497. The molecule has 0 saturated carbocycles. The smallest absolute Gasteiger partial charge is 0.254 e. The van der Waals surface area contributed by atoms with E-state index in [1.807, 2.05) is 30.0 Å². The number of carbonyl (C=O) groups is 1. The quantitative estimate of drug-likeness (QED) is 0.779. The third-order valence-electron chi connectivity index (χ3n) is 4.79. The van der Waals surface area contributed by atoms with Gasteiger partial charge in [0.25, 0.3) is 5.91 Å². The minimum absolute atomic E-state index is 0.00575. The highest BCUT2D eigenvalue weighted by Gasteiger charge is 2.31. The van der Waals surface area contributed by atoms with Gasteiger partial charge in [-0.1, -0.05) is 41.9 Å². The number of rotatable bonds is 5. The van der Waals surface area contributed by atoms with Crippen LogP contribution < -0.4 is 9.47 Å². The first kappa shape index (κ1) is 19.5. The first-order valence-corrected chi connectivity index (χ1v) is 9.47. The van der Waals surface area contributed by atoms with E-state index < -0.39 is 0 Å². The van der Waals surface area contributed by atoms with Gasteiger partial charge in [-0.05, 0) is 31.7 Å². The van der Waals surface area contributed by atoms with Crippen LogP contribution in [0, 0.1) is 0 Å². The molecular formula is C21H25ClN2O3. The molecule has 2 aromatic rings. The lowest BCUT2D eigenvalue weighted by Crippen LogP contribution is -2.49. The summed E-state index contributed by atoms with van der Waals surface area (Å²) in [6.07, 6.45) is 0. The molecule has 2 aromatic carbocycles. The van der Waals surface area contributed by atoms with E-state index in [9.17, 15) is 4.79 Å². The number of halogens is 1. The van der Waals surface area contributed by atoms with Crippen molar-refractivity contribution < 1.29 is 14.3 Å². The second-order valence-electron chi connectivity index (χ2n) is 6.61. The Morgan fingerprint density at radius 2 is 1.96 bits per heavy atom. The van der Waals surface area contributed by atoms with Crippen molar-refractivity contribution in [2.45, 2.75) is 13.0 Å². The molecule has 1 amide bonds. The van der Waals surface area contributed by atoms with Crippen LogP contribution in [0.2, 0.25) is 5.02 Å². The van der Waals surface area contributed by atoms with Gasteiger partial charge in [0.05, 0.1) is 24.8 Å². The molecule has 1 aliphatic heterocycles. The van der Waals surface area contributed by atoms with Crippen molar-refractivity contribution in [3.63, 3.8) is 0 Å². The molecule has 1 saturated heterocycles. The van der Waals surface area contributed by atoms with E-state index in [1.54, 1.807) is 19.2 Å². The number of ether oxygens (including phenoxy) is 2. The predicted octanol–water partition coefficient (Wildman–Crippen LogP) is 3.88. The Labute approximate surface area is 165 Å². The van der Waals surface area contributed by atoms with Gasteiger partial charge in [0.15, 0.2) is 11.5 Å². The number of carbonyl (C=O) groups excluding carboxylic acids is 1. The molecule has 1 aliphatic rings. The monoisotopic (exact) mass is 388 g/mol. The van der Waals surface area contributed by atoms with Crippen LogP contribution in [-0.4, -0.2) is 56.1 Å². The molecule has 1 atom stereocenters. The molecular weight excluding hydrogens is 364 g/mol. The summed E-state index contributed by atoms with van der Waals surface area (Å²) in [6.45, 7) is 4.62. The Morgan fingerprint density at radius 3 is 2.63 bits per heavy atom. The van der Waals surface area contributed by atoms with Gasteiger partial charge < -0.3 is 19.3 Å². The van der Waals surface area contributed by atoms with E-state index in [2.05, 4.69) is 24.1 Å². The second kappa shape index (κ2) is 8.63. The molecule has 5 nitrogen and oxygen atoms in total. The minimum atomic E-state index is -0.0554. The summed E-state index contributed by atoms with van der Waals surface area (Å²) >= 11 is 6.37. The number of nitrogens with zero attached hydrogens (tertiary/aromatic N) is 2. The van der Waals surface area contributed by atoms with Gasteiger partial charge in [-0.25, -0.2) is 0 Å². The number of benzene rings is 2. The van der Waals surface area contributed by atoms with Crippen LogP contribution in [0.15, 0.2) is 42.5 Å². The predicted molar refractivity (Wildman–Crippen MR) is 107 cm³/mol. The lowest BCUT2D eigenvalue weighted by Gasteiger charge is -2.40. The third kappa shape index (κ3) is 4.20. The zero-order chi connectivity index (χ0) is 19.4. The number of likely N-dealkylation sites (N-methyl/N-ethyl adjacent to an activating group) is 1. The highest BCUT2D eigenvalue weighted by atomic mass is 35.5. The second-order valence-corrected chi connectivity index (χ2v) is 7.02. The van der Waals surface area contributed by atoms with Crippen LogP contribution in [0.4, 0.5) is 0 Å². The summed E-state index contributed by atoms with van der Waals surface area (Å²) < 4.78 is 11.0. The van der Waals surface area contributed by atoms with Crippen LogP contribution >= 0.6 is 11.6 Å². The number of hydrogen-bond donors (Lipinski definition) is 0. The molecule has 3 rings (SSSR count). The van der Waals surface area contributed by atoms with Crippen molar-refractivity contribution in [3.8, 4) is 11.5 Å². The maximum Gasteiger partial charge on any atom is 0.254 e. The molecule has 0 spiro atoms. The van der Waals surface area contributed by atoms with Crippen molar-refractivity contribution in [1.82, 2.24) is 9.80 Å². The molecule has 1 heterocycles. The summed E-state index contributed by atoms with van der Waals surface area (Å²) in [5, 5.41) is 0.380. The first-order chi connectivity index (χ1) is 13.0. The van der Waals surface area contributed by atoms with Crippen LogP contribution in [0.5, 0.6) is 11.5 Å². The Hall–Kier alpha value is -2.24. The normalized spacial score (nSPS) is 17.6. The molecule has 1 unspecified atom stereocenters. The van der Waals surface area contributed by atoms with Gasteiger partial charge in [-0.3, -0.25) is 4.79 Å². The fourth-order valence-corrected chi connectivity index (χ4v) is 3.68. The molecule has 0 radical (unpaired) electrons. The van der Waals surface area contributed by atoms with E-state index in [1.165, 1.54) is 0 Å². The molecule has 144 valence electrons. The Morgan fingerprint density at radius 1 is 1.22 bits per heavy atom. The van der Waals surface area contributed by atoms with Crippen molar-refractivity contribution in [1.29, 1.82) is 0 Å². The molecule has 27 heavy (non-hydrogen) atoms. The van der Waals surface area contributed by atoms with E-state index in [0.717, 1.165) is 18.7 Å². The van der Waals surface area contributed by atoms with Gasteiger partial charge in [0.1, 0.15) is 0 Å². The summed E-state index contributed by atoms with van der Waals surface area (Å²) in [6, 6.07) is 13.5. The maximum atomic E-state index is 13.3. The van der Waals surface area contributed by atoms with Crippen molar-refractivity contribution in [3.05, 3.63) is 58.6 Å². The number of piperazine rings is 1. The van der Waals surface area contributed by atoms with Gasteiger partial charge >= 0.3 is 0 Å². The van der Waals surface area contributed by atoms with E-state index in [4.69, 9.17) is 21.1 Å². The van der Waals surface area contributed by atoms with Gasteiger partial charge in [0.2, 0.25) is 0 Å². The molecule has 0 bridgehead atoms. The van der Waals surface area contributed by atoms with Crippen LogP contribution in [-0.2, 0) is 0 Å². The third-order valence-corrected chi connectivity index (χ3v) is 5.07. The highest BCUT2D eigenvalue weighted by Crippen LogP contribution is 2.37. The molecule has 6 heteroatoms. The van der Waals surface area contributed by atoms with E-state index in [-0.39, 0.29) is 11.9 Å². The lowest BCUT2D eigenvalue weighted by atomic mass is 10.0. The SMILES string of the molecule is CCOc1c(Cl)cc(C(=O)N2CCN(C)CC2c2ccccc2)cc1OC. The minimum Gasteiger partial charge on any atom is -0.493 e. The zero-order valence-electron chi connectivity index (χ0n) is 15.9.